The van der Waals surface area contributed by atoms with Crippen LogP contribution in [0.5, 0.6) is 0 Å². The molecule has 0 aliphatic carbocycles. The van der Waals surface area contributed by atoms with Gasteiger partial charge in [0, 0.05) is 0 Å². The summed E-state index contributed by atoms with van der Waals surface area (Å²) in [7, 11) is 0. The van der Waals surface area contributed by atoms with Crippen molar-refractivity contribution in [3.05, 3.63) is 25.3 Å². The SMILES string of the molecule is C=CC(C)=NN=C(C)C=C. The zero-order valence-electron chi connectivity index (χ0n) is 6.46. The van der Waals surface area contributed by atoms with E-state index in [0.717, 1.165) is 11.4 Å². The Morgan fingerprint density at radius 1 is 1.00 bits per heavy atom. The lowest BCUT2D eigenvalue weighted by atomic mass is 10.4. The lowest BCUT2D eigenvalue weighted by Gasteiger charge is -1.85. The second kappa shape index (κ2) is 4.68. The molecule has 0 spiro atoms. The standard InChI is InChI=1S/C8H12N2/c1-5-7(3)9-10-8(4)6-2/h5-6H,1-2H2,3-4H3. The third-order valence-corrected chi connectivity index (χ3v) is 0.956. The fraction of sp³-hybridized carbons (Fsp3) is 0.250. The highest BCUT2D eigenvalue weighted by molar-refractivity contribution is 5.95. The van der Waals surface area contributed by atoms with E-state index in [2.05, 4.69) is 23.4 Å². The first-order chi connectivity index (χ1) is 4.70. The van der Waals surface area contributed by atoms with Gasteiger partial charge in [-0.25, -0.2) is 0 Å². The summed E-state index contributed by atoms with van der Waals surface area (Å²) in [6.45, 7) is 10.8. The van der Waals surface area contributed by atoms with E-state index in [1.807, 2.05) is 13.8 Å². The Balaban J connectivity index is 4.16. The van der Waals surface area contributed by atoms with E-state index in [0.29, 0.717) is 0 Å². The molecule has 54 valence electrons. The molecule has 0 heterocycles. The summed E-state index contributed by atoms with van der Waals surface area (Å²) >= 11 is 0. The van der Waals surface area contributed by atoms with Crippen LogP contribution >= 0.6 is 0 Å². The first-order valence-electron chi connectivity index (χ1n) is 3.04. The van der Waals surface area contributed by atoms with Crippen LogP contribution < -0.4 is 0 Å². The van der Waals surface area contributed by atoms with Crippen molar-refractivity contribution in [2.45, 2.75) is 13.8 Å². The minimum absolute atomic E-state index is 0.807. The Hall–Kier alpha value is -1.18. The molecule has 0 aromatic rings. The van der Waals surface area contributed by atoms with Gasteiger partial charge < -0.3 is 0 Å². The van der Waals surface area contributed by atoms with E-state index < -0.39 is 0 Å². The van der Waals surface area contributed by atoms with Crippen molar-refractivity contribution >= 4 is 11.4 Å². The second-order valence-corrected chi connectivity index (χ2v) is 1.89. The molecule has 0 radical (unpaired) electrons. The summed E-state index contributed by atoms with van der Waals surface area (Å²) in [6.07, 6.45) is 3.31. The maximum absolute atomic E-state index is 3.83. The average molecular weight is 136 g/mol. The summed E-state index contributed by atoms with van der Waals surface area (Å²) < 4.78 is 0. The zero-order valence-corrected chi connectivity index (χ0v) is 6.46. The van der Waals surface area contributed by atoms with Crippen molar-refractivity contribution in [1.29, 1.82) is 0 Å². The smallest absolute Gasteiger partial charge is 0.0593 e. The molecule has 0 fully saturated rings. The molecule has 0 saturated carbocycles. The Morgan fingerprint density at radius 2 is 1.30 bits per heavy atom. The molecule has 0 saturated heterocycles. The first-order valence-corrected chi connectivity index (χ1v) is 3.04. The van der Waals surface area contributed by atoms with E-state index in [9.17, 15) is 0 Å². The van der Waals surface area contributed by atoms with Gasteiger partial charge in [-0.05, 0) is 26.0 Å². The molecule has 2 nitrogen and oxygen atoms in total. The number of rotatable bonds is 3. The number of hydrogen-bond acceptors (Lipinski definition) is 2. The molecule has 0 bridgehead atoms. The summed E-state index contributed by atoms with van der Waals surface area (Å²) in [5.74, 6) is 0. The van der Waals surface area contributed by atoms with E-state index in [4.69, 9.17) is 0 Å². The highest BCUT2D eigenvalue weighted by Gasteiger charge is 1.79. The third kappa shape index (κ3) is 3.78. The van der Waals surface area contributed by atoms with Gasteiger partial charge in [-0.1, -0.05) is 13.2 Å². The topological polar surface area (TPSA) is 24.7 Å². The number of allylic oxidation sites excluding steroid dienone is 2. The van der Waals surface area contributed by atoms with Gasteiger partial charge in [0.2, 0.25) is 0 Å². The molecular weight excluding hydrogens is 124 g/mol. The normalized spacial score (nSPS) is 13.0. The van der Waals surface area contributed by atoms with Crippen LogP contribution in [0.2, 0.25) is 0 Å². The van der Waals surface area contributed by atoms with Gasteiger partial charge in [-0.15, -0.1) is 0 Å². The van der Waals surface area contributed by atoms with Crippen molar-refractivity contribution in [3.8, 4) is 0 Å². The Morgan fingerprint density at radius 3 is 1.50 bits per heavy atom. The molecule has 0 aromatic carbocycles. The van der Waals surface area contributed by atoms with Crippen LogP contribution in [0.15, 0.2) is 35.5 Å². The predicted molar refractivity (Wildman–Crippen MR) is 46.6 cm³/mol. The zero-order chi connectivity index (χ0) is 7.98. The van der Waals surface area contributed by atoms with E-state index in [1.165, 1.54) is 0 Å². The van der Waals surface area contributed by atoms with Crippen LogP contribution in [0.25, 0.3) is 0 Å². The lowest BCUT2D eigenvalue weighted by molar-refractivity contribution is 1.23. The third-order valence-electron chi connectivity index (χ3n) is 0.956. The molecule has 0 amide bonds. The molecule has 0 rings (SSSR count). The predicted octanol–water partition coefficient (Wildman–Crippen LogP) is 2.20. The molecule has 0 aliphatic heterocycles. The van der Waals surface area contributed by atoms with Crippen molar-refractivity contribution in [3.63, 3.8) is 0 Å². The Labute approximate surface area is 61.7 Å². The van der Waals surface area contributed by atoms with Crippen LogP contribution in [0.4, 0.5) is 0 Å². The van der Waals surface area contributed by atoms with Crippen molar-refractivity contribution < 1.29 is 0 Å². The van der Waals surface area contributed by atoms with Gasteiger partial charge in [0.25, 0.3) is 0 Å². The molecule has 0 atom stereocenters. The fourth-order valence-corrected chi connectivity index (χ4v) is 0.239. The summed E-state index contributed by atoms with van der Waals surface area (Å²) in [4.78, 5) is 0. The van der Waals surface area contributed by atoms with Gasteiger partial charge >= 0.3 is 0 Å². The molecule has 2 heteroatoms. The van der Waals surface area contributed by atoms with E-state index in [-0.39, 0.29) is 0 Å². The first kappa shape index (κ1) is 8.82. The van der Waals surface area contributed by atoms with Crippen LogP contribution in [0, 0.1) is 0 Å². The van der Waals surface area contributed by atoms with Crippen molar-refractivity contribution in [2.24, 2.45) is 10.2 Å². The average Bonchev–Trinajstić information content (AvgIpc) is 1.99. The van der Waals surface area contributed by atoms with Gasteiger partial charge in [-0.3, -0.25) is 0 Å². The monoisotopic (exact) mass is 136 g/mol. The summed E-state index contributed by atoms with van der Waals surface area (Å²) in [5.41, 5.74) is 1.61. The van der Waals surface area contributed by atoms with Gasteiger partial charge in [0.1, 0.15) is 0 Å². The van der Waals surface area contributed by atoms with Crippen molar-refractivity contribution in [1.82, 2.24) is 0 Å². The second-order valence-electron chi connectivity index (χ2n) is 1.89. The summed E-state index contributed by atoms with van der Waals surface area (Å²) in [6, 6.07) is 0. The van der Waals surface area contributed by atoms with Crippen LogP contribution in [0.3, 0.4) is 0 Å². The van der Waals surface area contributed by atoms with Crippen LogP contribution in [-0.4, -0.2) is 11.4 Å². The van der Waals surface area contributed by atoms with Gasteiger partial charge in [-0.2, -0.15) is 10.2 Å². The number of hydrogen-bond donors (Lipinski definition) is 0. The highest BCUT2D eigenvalue weighted by atomic mass is 15.2. The Kier molecular flexibility index (Phi) is 4.12. The minimum Gasteiger partial charge on any atom is -0.156 e. The lowest BCUT2D eigenvalue weighted by Crippen LogP contribution is -1.84. The minimum atomic E-state index is 0.807. The molecule has 0 aromatic heterocycles. The quantitative estimate of drug-likeness (QED) is 0.419. The van der Waals surface area contributed by atoms with Gasteiger partial charge in [0.15, 0.2) is 0 Å². The molecule has 10 heavy (non-hydrogen) atoms. The summed E-state index contributed by atoms with van der Waals surface area (Å²) in [5, 5.41) is 7.66. The van der Waals surface area contributed by atoms with Gasteiger partial charge in [0.05, 0.1) is 11.4 Å². The van der Waals surface area contributed by atoms with Crippen LogP contribution in [0.1, 0.15) is 13.8 Å². The molecule has 0 unspecified atom stereocenters. The largest absolute Gasteiger partial charge is 0.156 e. The molecular formula is C8H12N2. The Bertz CT molecular complexity index is 165. The fourth-order valence-electron chi connectivity index (χ4n) is 0.239. The van der Waals surface area contributed by atoms with Crippen molar-refractivity contribution in [2.75, 3.05) is 0 Å². The van der Waals surface area contributed by atoms with Crippen LogP contribution in [-0.2, 0) is 0 Å². The molecule has 0 N–H and O–H groups in total. The molecule has 0 aliphatic rings. The van der Waals surface area contributed by atoms with E-state index in [1.54, 1.807) is 12.2 Å². The highest BCUT2D eigenvalue weighted by Crippen LogP contribution is 1.83. The maximum atomic E-state index is 3.83. The number of nitrogens with zero attached hydrogens (tertiary/aromatic N) is 2. The van der Waals surface area contributed by atoms with E-state index >= 15 is 0 Å². The maximum Gasteiger partial charge on any atom is 0.0593 e.